The molecule has 0 atom stereocenters. The molecule has 0 amide bonds. The second-order valence-electron chi connectivity index (χ2n) is 4.52. The summed E-state index contributed by atoms with van der Waals surface area (Å²) in [5.74, 6) is 0. The van der Waals surface area contributed by atoms with Crippen LogP contribution in [0.15, 0.2) is 47.4 Å². The molecule has 0 fully saturated rings. The Morgan fingerprint density at radius 3 is 2.33 bits per heavy atom. The van der Waals surface area contributed by atoms with E-state index >= 15 is 0 Å². The van der Waals surface area contributed by atoms with Crippen molar-refractivity contribution in [3.8, 4) is 0 Å². The van der Waals surface area contributed by atoms with E-state index in [4.69, 9.17) is 11.6 Å². The van der Waals surface area contributed by atoms with Crippen molar-refractivity contribution in [2.24, 2.45) is 0 Å². The number of nitro benzene ring substituents is 1. The van der Waals surface area contributed by atoms with E-state index in [9.17, 15) is 31.7 Å². The van der Waals surface area contributed by atoms with Crippen LogP contribution in [0, 0.1) is 10.1 Å². The number of anilines is 1. The third kappa shape index (κ3) is 3.77. The molecule has 0 aliphatic rings. The summed E-state index contributed by atoms with van der Waals surface area (Å²) in [6, 6.07) is 6.86. The topological polar surface area (TPSA) is 89.3 Å². The second-order valence-corrected chi connectivity index (χ2v) is 6.61. The fourth-order valence-corrected chi connectivity index (χ4v) is 3.14. The Morgan fingerprint density at radius 1 is 1.12 bits per heavy atom. The maximum absolute atomic E-state index is 12.8. The molecule has 0 saturated carbocycles. The van der Waals surface area contributed by atoms with Gasteiger partial charge in [0.05, 0.1) is 20.4 Å². The Morgan fingerprint density at radius 2 is 1.75 bits per heavy atom. The lowest BCUT2D eigenvalue weighted by Crippen LogP contribution is -2.15. The molecule has 6 nitrogen and oxygen atoms in total. The quantitative estimate of drug-likeness (QED) is 0.639. The highest BCUT2D eigenvalue weighted by atomic mass is 35.5. The second kappa shape index (κ2) is 6.29. The molecular formula is C13H8ClF3N2O4S. The number of hydrogen-bond donors (Lipinski definition) is 1. The van der Waals surface area contributed by atoms with Gasteiger partial charge in [-0.15, -0.1) is 0 Å². The predicted molar refractivity (Wildman–Crippen MR) is 80.4 cm³/mol. The highest BCUT2D eigenvalue weighted by Gasteiger charge is 2.34. The SMILES string of the molecule is O=[N+]([O-])c1ccccc1NS(=O)(=O)c1ccc(Cl)c(C(F)(F)F)c1. The van der Waals surface area contributed by atoms with Crippen molar-refractivity contribution in [3.63, 3.8) is 0 Å². The van der Waals surface area contributed by atoms with Gasteiger partial charge in [0.15, 0.2) is 0 Å². The summed E-state index contributed by atoms with van der Waals surface area (Å²) in [5.41, 5.74) is -2.23. The number of hydrogen-bond acceptors (Lipinski definition) is 4. The van der Waals surface area contributed by atoms with Gasteiger partial charge < -0.3 is 0 Å². The minimum absolute atomic E-state index is 0.361. The molecular weight excluding hydrogens is 373 g/mol. The molecule has 128 valence electrons. The van der Waals surface area contributed by atoms with E-state index in [0.29, 0.717) is 6.07 Å². The van der Waals surface area contributed by atoms with Crippen molar-refractivity contribution < 1.29 is 26.5 Å². The molecule has 0 aliphatic heterocycles. The van der Waals surface area contributed by atoms with Crippen LogP contribution in [-0.2, 0) is 16.2 Å². The molecule has 0 aromatic heterocycles. The molecule has 0 radical (unpaired) electrons. The normalized spacial score (nSPS) is 12.0. The first-order chi connectivity index (χ1) is 11.0. The summed E-state index contributed by atoms with van der Waals surface area (Å²) in [7, 11) is -4.48. The van der Waals surface area contributed by atoms with E-state index in [2.05, 4.69) is 0 Å². The lowest BCUT2D eigenvalue weighted by molar-refractivity contribution is -0.383. The average Bonchev–Trinajstić information content (AvgIpc) is 2.46. The lowest BCUT2D eigenvalue weighted by Gasteiger charge is -2.12. The zero-order valence-corrected chi connectivity index (χ0v) is 13.1. The maximum atomic E-state index is 12.8. The number of alkyl halides is 3. The zero-order chi connectivity index (χ0) is 18.1. The van der Waals surface area contributed by atoms with Crippen molar-refractivity contribution in [1.29, 1.82) is 0 Å². The molecule has 11 heteroatoms. The fraction of sp³-hybridized carbons (Fsp3) is 0.0769. The standard InChI is InChI=1S/C13H8ClF3N2O4S/c14-10-6-5-8(7-9(10)13(15,16)17)24(22,23)18-11-3-1-2-4-12(11)19(20)21/h1-7,18H. The van der Waals surface area contributed by atoms with Gasteiger partial charge in [-0.3, -0.25) is 14.8 Å². The summed E-state index contributed by atoms with van der Waals surface area (Å²) in [5, 5.41) is 10.2. The van der Waals surface area contributed by atoms with Gasteiger partial charge in [-0.1, -0.05) is 23.7 Å². The maximum Gasteiger partial charge on any atom is 0.417 e. The Kier molecular flexibility index (Phi) is 4.72. The number of para-hydroxylation sites is 2. The number of nitrogens with zero attached hydrogens (tertiary/aromatic N) is 1. The summed E-state index contributed by atoms with van der Waals surface area (Å²) >= 11 is 5.43. The largest absolute Gasteiger partial charge is 0.417 e. The van der Waals surface area contributed by atoms with Crippen LogP contribution in [-0.4, -0.2) is 13.3 Å². The fourth-order valence-electron chi connectivity index (χ4n) is 1.81. The Bertz CT molecular complexity index is 900. The van der Waals surface area contributed by atoms with Gasteiger partial charge in [0.2, 0.25) is 0 Å². The van der Waals surface area contributed by atoms with E-state index in [1.54, 1.807) is 0 Å². The first-order valence-corrected chi connectivity index (χ1v) is 8.01. The van der Waals surface area contributed by atoms with E-state index in [1.807, 2.05) is 4.72 Å². The molecule has 0 spiro atoms. The third-order valence-electron chi connectivity index (χ3n) is 2.90. The van der Waals surface area contributed by atoms with Crippen LogP contribution >= 0.6 is 11.6 Å². The number of rotatable bonds is 4. The number of benzene rings is 2. The van der Waals surface area contributed by atoms with E-state index in [-0.39, 0.29) is 5.69 Å². The number of halogens is 4. The average molecular weight is 381 g/mol. The summed E-state index contributed by atoms with van der Waals surface area (Å²) in [6.45, 7) is 0. The molecule has 2 rings (SSSR count). The van der Waals surface area contributed by atoms with Gasteiger partial charge in [-0.2, -0.15) is 13.2 Å². The molecule has 0 unspecified atom stereocenters. The van der Waals surface area contributed by atoms with Gasteiger partial charge in [-0.05, 0) is 24.3 Å². The van der Waals surface area contributed by atoms with Crippen LogP contribution in [0.4, 0.5) is 24.5 Å². The predicted octanol–water partition coefficient (Wildman–Crippen LogP) is 4.07. The molecule has 2 aromatic carbocycles. The monoisotopic (exact) mass is 380 g/mol. The molecule has 0 aliphatic carbocycles. The molecule has 0 bridgehead atoms. The summed E-state index contributed by atoms with van der Waals surface area (Å²) < 4.78 is 64.8. The van der Waals surface area contributed by atoms with Crippen molar-refractivity contribution >= 4 is 33.0 Å². The van der Waals surface area contributed by atoms with Gasteiger partial charge in [0.25, 0.3) is 15.7 Å². The highest BCUT2D eigenvalue weighted by molar-refractivity contribution is 7.92. The van der Waals surface area contributed by atoms with E-state index in [0.717, 1.165) is 24.3 Å². The van der Waals surface area contributed by atoms with Gasteiger partial charge in [-0.25, -0.2) is 8.42 Å². The number of sulfonamides is 1. The lowest BCUT2D eigenvalue weighted by atomic mass is 10.2. The van der Waals surface area contributed by atoms with Crippen molar-refractivity contribution in [2.45, 2.75) is 11.1 Å². The number of nitrogens with one attached hydrogen (secondary N) is 1. The van der Waals surface area contributed by atoms with Crippen LogP contribution < -0.4 is 4.72 Å². The Hall–Kier alpha value is -2.33. The molecule has 1 N–H and O–H groups in total. The van der Waals surface area contributed by atoms with E-state index < -0.39 is 42.3 Å². The van der Waals surface area contributed by atoms with Gasteiger partial charge in [0.1, 0.15) is 5.69 Å². The minimum Gasteiger partial charge on any atom is -0.273 e. The minimum atomic E-state index is -4.85. The molecule has 0 saturated heterocycles. The highest BCUT2D eigenvalue weighted by Crippen LogP contribution is 2.36. The third-order valence-corrected chi connectivity index (χ3v) is 4.59. The molecule has 0 heterocycles. The van der Waals surface area contributed by atoms with Crippen LogP contribution in [0.1, 0.15) is 5.56 Å². The summed E-state index contributed by atoms with van der Waals surface area (Å²) in [6.07, 6.45) is -4.85. The Labute approximate surface area is 139 Å². The first-order valence-electron chi connectivity index (χ1n) is 6.15. The Balaban J connectivity index is 2.48. The number of nitro groups is 1. The first kappa shape index (κ1) is 18.0. The van der Waals surface area contributed by atoms with E-state index in [1.165, 1.54) is 12.1 Å². The smallest absolute Gasteiger partial charge is 0.273 e. The van der Waals surface area contributed by atoms with Crippen LogP contribution in [0.25, 0.3) is 0 Å². The molecule has 2 aromatic rings. The van der Waals surface area contributed by atoms with Crippen molar-refractivity contribution in [1.82, 2.24) is 0 Å². The van der Waals surface area contributed by atoms with Crippen LogP contribution in [0.3, 0.4) is 0 Å². The van der Waals surface area contributed by atoms with Crippen molar-refractivity contribution in [2.75, 3.05) is 4.72 Å². The van der Waals surface area contributed by atoms with Gasteiger partial charge in [0, 0.05) is 6.07 Å². The molecule has 24 heavy (non-hydrogen) atoms. The van der Waals surface area contributed by atoms with Gasteiger partial charge >= 0.3 is 6.18 Å². The van der Waals surface area contributed by atoms with Crippen LogP contribution in [0.2, 0.25) is 5.02 Å². The zero-order valence-electron chi connectivity index (χ0n) is 11.5. The van der Waals surface area contributed by atoms with Crippen molar-refractivity contribution in [3.05, 3.63) is 63.2 Å². The van der Waals surface area contributed by atoms with Crippen LogP contribution in [0.5, 0.6) is 0 Å². The summed E-state index contributed by atoms with van der Waals surface area (Å²) in [4.78, 5) is 9.34.